The summed E-state index contributed by atoms with van der Waals surface area (Å²) in [6, 6.07) is 3.59. The number of ether oxygens (including phenoxy) is 4. The fraction of sp³-hybridized carbons (Fsp3) is 0.357. The Hall–Kier alpha value is -2.91. The summed E-state index contributed by atoms with van der Waals surface area (Å²) in [5, 5.41) is 1.87. The monoisotopic (exact) mass is 587 g/mol. The van der Waals surface area contributed by atoms with Crippen molar-refractivity contribution < 1.29 is 28.5 Å². The van der Waals surface area contributed by atoms with Crippen LogP contribution in [-0.2, 0) is 11.2 Å². The number of halogens is 1. The molecule has 7 nitrogen and oxygen atoms in total. The summed E-state index contributed by atoms with van der Waals surface area (Å²) in [5.74, 6) is 2.43. The van der Waals surface area contributed by atoms with Crippen LogP contribution < -0.4 is 24.3 Å². The Morgan fingerprint density at radius 3 is 2.57 bits per heavy atom. The number of nitrogens with one attached hydrogen (secondary N) is 1. The van der Waals surface area contributed by atoms with E-state index in [1.165, 1.54) is 5.56 Å². The Morgan fingerprint density at radius 1 is 1.16 bits per heavy atom. The highest BCUT2D eigenvalue weighted by molar-refractivity contribution is 9.10. The average molecular weight is 589 g/mol. The molecule has 0 aromatic heterocycles. The van der Waals surface area contributed by atoms with E-state index < -0.39 is 11.5 Å². The minimum Gasteiger partial charge on any atom is -0.493 e. The number of hydrogen-bond donors (Lipinski definition) is 1. The molecule has 0 saturated carbocycles. The first kappa shape index (κ1) is 27.1. The van der Waals surface area contributed by atoms with E-state index in [-0.39, 0.29) is 5.24 Å². The molecule has 0 spiro atoms. The topological polar surface area (TPSA) is 83.1 Å². The number of methoxy groups -OCH3 is 1. The Morgan fingerprint density at radius 2 is 1.92 bits per heavy atom. The molecule has 1 unspecified atom stereocenters. The predicted molar refractivity (Wildman–Crippen MR) is 149 cm³/mol. The number of carbonyl (C=O) groups excluding carboxylic acids is 2. The van der Waals surface area contributed by atoms with E-state index in [4.69, 9.17) is 18.9 Å². The predicted octanol–water partition coefficient (Wildman–Crippen LogP) is 6.43. The second-order valence-corrected chi connectivity index (χ2v) is 11.2. The van der Waals surface area contributed by atoms with E-state index in [1.807, 2.05) is 13.0 Å². The molecule has 1 fully saturated rings. The summed E-state index contributed by atoms with van der Waals surface area (Å²) in [7, 11) is 1.56. The summed E-state index contributed by atoms with van der Waals surface area (Å²) in [4.78, 5) is 23.7. The molecule has 196 valence electrons. The maximum atomic E-state index is 11.9. The van der Waals surface area contributed by atoms with Gasteiger partial charge in [0.05, 0.1) is 16.5 Å². The van der Waals surface area contributed by atoms with Crippen molar-refractivity contribution in [2.24, 2.45) is 0 Å². The van der Waals surface area contributed by atoms with E-state index in [1.54, 1.807) is 25.3 Å². The molecular formula is C28H30BrNO6S. The molecular weight excluding hydrogens is 558 g/mol. The van der Waals surface area contributed by atoms with Crippen LogP contribution in [0, 0.1) is 20.8 Å². The van der Waals surface area contributed by atoms with Gasteiger partial charge in [0.15, 0.2) is 11.5 Å². The number of amides is 2. The number of benzene rings is 2. The highest BCUT2D eigenvalue weighted by atomic mass is 79.9. The van der Waals surface area contributed by atoms with Crippen LogP contribution in [0.5, 0.6) is 23.0 Å². The summed E-state index contributed by atoms with van der Waals surface area (Å²) in [5.41, 5.74) is 4.55. The van der Waals surface area contributed by atoms with Crippen LogP contribution in [-0.4, -0.2) is 37.1 Å². The number of rotatable bonds is 8. The van der Waals surface area contributed by atoms with Crippen molar-refractivity contribution in [2.75, 3.05) is 20.3 Å². The molecule has 37 heavy (non-hydrogen) atoms. The van der Waals surface area contributed by atoms with E-state index in [0.29, 0.717) is 39.7 Å². The SMILES string of the molecule is C=CCOc1c(C)c(C)c2c(c1C)CCC(C)(COc1c(Br)cc(/C=C3\SC(=O)NC3=O)cc1OC)O2. The molecule has 0 bridgehead atoms. The molecule has 1 atom stereocenters. The minimum atomic E-state index is -0.551. The molecule has 0 radical (unpaired) electrons. The fourth-order valence-electron chi connectivity index (χ4n) is 4.50. The molecule has 1 N–H and O–H groups in total. The fourth-order valence-corrected chi connectivity index (χ4v) is 5.76. The Labute approximate surface area is 229 Å². The van der Waals surface area contributed by atoms with Crippen LogP contribution >= 0.6 is 27.7 Å². The lowest BCUT2D eigenvalue weighted by Gasteiger charge is -2.38. The van der Waals surface area contributed by atoms with E-state index >= 15 is 0 Å². The molecule has 2 amide bonds. The maximum absolute atomic E-state index is 11.9. The van der Waals surface area contributed by atoms with Gasteiger partial charge >= 0.3 is 0 Å². The van der Waals surface area contributed by atoms with Crippen molar-refractivity contribution in [3.05, 3.63) is 62.0 Å². The van der Waals surface area contributed by atoms with Gasteiger partial charge in [-0.15, -0.1) is 0 Å². The molecule has 0 aliphatic carbocycles. The van der Waals surface area contributed by atoms with Gasteiger partial charge in [-0.25, -0.2) is 0 Å². The van der Waals surface area contributed by atoms with E-state index in [0.717, 1.165) is 52.8 Å². The summed E-state index contributed by atoms with van der Waals surface area (Å²) in [6.07, 6.45) is 5.01. The first-order valence-electron chi connectivity index (χ1n) is 11.9. The second kappa shape index (κ2) is 10.8. The lowest BCUT2D eigenvalue weighted by atomic mass is 9.87. The number of thioether (sulfide) groups is 1. The Kier molecular flexibility index (Phi) is 7.94. The third-order valence-electron chi connectivity index (χ3n) is 6.62. The normalized spacial score (nSPS) is 19.8. The number of carbonyl (C=O) groups is 2. The molecule has 4 rings (SSSR count). The third-order valence-corrected chi connectivity index (χ3v) is 8.02. The van der Waals surface area contributed by atoms with Crippen molar-refractivity contribution in [1.82, 2.24) is 5.32 Å². The first-order valence-corrected chi connectivity index (χ1v) is 13.5. The minimum absolute atomic E-state index is 0.306. The van der Waals surface area contributed by atoms with Gasteiger partial charge in [-0.3, -0.25) is 14.9 Å². The second-order valence-electron chi connectivity index (χ2n) is 9.34. The van der Waals surface area contributed by atoms with Gasteiger partial charge < -0.3 is 18.9 Å². The molecule has 9 heteroatoms. The quantitative estimate of drug-likeness (QED) is 0.281. The molecule has 2 aliphatic rings. The smallest absolute Gasteiger partial charge is 0.290 e. The van der Waals surface area contributed by atoms with Gasteiger partial charge in [-0.1, -0.05) is 12.7 Å². The highest BCUT2D eigenvalue weighted by Gasteiger charge is 2.36. The van der Waals surface area contributed by atoms with Gasteiger partial charge in [0, 0.05) is 5.56 Å². The van der Waals surface area contributed by atoms with Crippen LogP contribution in [0.4, 0.5) is 4.79 Å². The van der Waals surface area contributed by atoms with Gasteiger partial charge in [0.2, 0.25) is 0 Å². The van der Waals surface area contributed by atoms with Gasteiger partial charge in [0.1, 0.15) is 30.3 Å². The van der Waals surface area contributed by atoms with Crippen molar-refractivity contribution in [3.63, 3.8) is 0 Å². The lowest BCUT2D eigenvalue weighted by molar-refractivity contribution is -0.115. The Bertz CT molecular complexity index is 1320. The van der Waals surface area contributed by atoms with Crippen LogP contribution in [0.3, 0.4) is 0 Å². The van der Waals surface area contributed by atoms with E-state index in [2.05, 4.69) is 48.6 Å². The van der Waals surface area contributed by atoms with Crippen molar-refractivity contribution in [2.45, 2.75) is 46.1 Å². The van der Waals surface area contributed by atoms with Crippen molar-refractivity contribution >= 4 is 44.9 Å². The zero-order valence-corrected chi connectivity index (χ0v) is 24.0. The summed E-state index contributed by atoms with van der Waals surface area (Å²) >= 11 is 4.44. The van der Waals surface area contributed by atoms with Gasteiger partial charge in [0.25, 0.3) is 11.1 Å². The summed E-state index contributed by atoms with van der Waals surface area (Å²) in [6.45, 7) is 12.8. The largest absolute Gasteiger partial charge is 0.493 e. The van der Waals surface area contributed by atoms with Crippen LogP contribution in [0.25, 0.3) is 6.08 Å². The van der Waals surface area contributed by atoms with Crippen molar-refractivity contribution in [3.8, 4) is 23.0 Å². The van der Waals surface area contributed by atoms with Gasteiger partial charge in [-0.05, 0) is 109 Å². The Balaban J connectivity index is 1.55. The van der Waals surface area contributed by atoms with Crippen LogP contribution in [0.15, 0.2) is 34.2 Å². The first-order chi connectivity index (χ1) is 17.6. The maximum Gasteiger partial charge on any atom is 0.290 e. The molecule has 2 aliphatic heterocycles. The molecule has 2 aromatic carbocycles. The third kappa shape index (κ3) is 5.52. The number of fused-ring (bicyclic) bond motifs is 1. The van der Waals surface area contributed by atoms with Gasteiger partial charge in [-0.2, -0.15) is 0 Å². The molecule has 1 saturated heterocycles. The zero-order valence-electron chi connectivity index (χ0n) is 21.6. The average Bonchev–Trinajstić information content (AvgIpc) is 3.17. The lowest BCUT2D eigenvalue weighted by Crippen LogP contribution is -2.42. The summed E-state index contributed by atoms with van der Waals surface area (Å²) < 4.78 is 25.1. The van der Waals surface area contributed by atoms with Crippen LogP contribution in [0.1, 0.15) is 41.2 Å². The molecule has 2 heterocycles. The zero-order chi connectivity index (χ0) is 26.9. The standard InChI is InChI=1S/C28H30BrNO6S/c1-7-10-34-23-15(2)16(3)24-19(17(23)4)8-9-28(5,36-24)14-35-25-20(29)11-18(12-21(25)33-6)13-22-26(31)30-27(32)37-22/h7,11-13H,1,8-10,14H2,2-6H3,(H,30,31,32)/b22-13-. The number of hydrogen-bond acceptors (Lipinski definition) is 7. The van der Waals surface area contributed by atoms with Crippen LogP contribution in [0.2, 0.25) is 0 Å². The highest BCUT2D eigenvalue weighted by Crippen LogP contribution is 2.45. The van der Waals surface area contributed by atoms with Crippen molar-refractivity contribution in [1.29, 1.82) is 0 Å². The molecule has 2 aromatic rings. The van der Waals surface area contributed by atoms with E-state index in [9.17, 15) is 9.59 Å². The number of imide groups is 1.